The van der Waals surface area contributed by atoms with Gasteiger partial charge in [0.15, 0.2) is 11.5 Å². The zero-order valence-electron chi connectivity index (χ0n) is 20.8. The van der Waals surface area contributed by atoms with E-state index in [2.05, 4.69) is 25.0 Å². The van der Waals surface area contributed by atoms with Gasteiger partial charge in [0.25, 0.3) is 5.91 Å². The standard InChI is InChI=1S/C24H30N6O6S/c1-3-15-37(32,33)27-10-12-35-13-14-36-19-7-6-18-20(21(19)34-2)28-24(30-11-9-26-22(18)30)29-23(31)17-5-4-8-25-16-17/h4-8,16,26-27H,3,9-15H2,1-2H3. The van der Waals surface area contributed by atoms with Crippen molar-refractivity contribution in [2.75, 3.05) is 51.1 Å². The normalized spacial score (nSPS) is 13.4. The molecule has 1 aromatic carbocycles. The van der Waals surface area contributed by atoms with Crippen LogP contribution in [0.15, 0.2) is 41.7 Å². The molecule has 3 heterocycles. The van der Waals surface area contributed by atoms with Crippen LogP contribution >= 0.6 is 0 Å². The van der Waals surface area contributed by atoms with Crippen molar-refractivity contribution < 1.29 is 27.4 Å². The minimum atomic E-state index is -3.25. The number of nitrogens with zero attached hydrogens (tertiary/aromatic N) is 4. The molecule has 4 rings (SSSR count). The number of pyridine rings is 1. The number of carbonyl (C=O) groups is 1. The highest BCUT2D eigenvalue weighted by Crippen LogP contribution is 2.37. The zero-order chi connectivity index (χ0) is 26.3. The summed E-state index contributed by atoms with van der Waals surface area (Å²) in [6.07, 6.45) is 3.61. The number of methoxy groups -OCH3 is 1. The maximum atomic E-state index is 12.7. The third-order valence-electron chi connectivity index (χ3n) is 5.54. The van der Waals surface area contributed by atoms with Gasteiger partial charge in [-0.25, -0.2) is 18.1 Å². The Morgan fingerprint density at radius 2 is 2.11 bits per heavy atom. The minimum Gasteiger partial charge on any atom is -0.491 e. The van der Waals surface area contributed by atoms with E-state index in [4.69, 9.17) is 14.2 Å². The van der Waals surface area contributed by atoms with Gasteiger partial charge in [-0.3, -0.25) is 14.3 Å². The molecule has 1 aliphatic rings. The molecule has 0 aliphatic carbocycles. The van der Waals surface area contributed by atoms with Crippen molar-refractivity contribution in [2.45, 2.75) is 19.9 Å². The number of aromatic nitrogens is 3. The third kappa shape index (κ3) is 6.42. The maximum Gasteiger partial charge on any atom is 0.281 e. The molecular weight excluding hydrogens is 500 g/mol. The highest BCUT2D eigenvalue weighted by atomic mass is 32.2. The van der Waals surface area contributed by atoms with E-state index in [1.54, 1.807) is 24.4 Å². The van der Waals surface area contributed by atoms with Crippen LogP contribution in [0.1, 0.15) is 23.7 Å². The number of hydrogen-bond donors (Lipinski definition) is 2. The van der Waals surface area contributed by atoms with Crippen molar-refractivity contribution in [3.8, 4) is 11.5 Å². The van der Waals surface area contributed by atoms with E-state index in [1.807, 2.05) is 17.6 Å². The molecule has 37 heavy (non-hydrogen) atoms. The van der Waals surface area contributed by atoms with Gasteiger partial charge in [0, 0.05) is 37.4 Å². The van der Waals surface area contributed by atoms with Gasteiger partial charge in [-0.2, -0.15) is 4.99 Å². The van der Waals surface area contributed by atoms with Crippen molar-refractivity contribution in [1.29, 1.82) is 0 Å². The summed E-state index contributed by atoms with van der Waals surface area (Å²) >= 11 is 0. The minimum absolute atomic E-state index is 0.0930. The fourth-order valence-electron chi connectivity index (χ4n) is 3.91. The number of carbonyl (C=O) groups excluding carboxylic acids is 1. The molecule has 3 aromatic rings. The summed E-state index contributed by atoms with van der Waals surface area (Å²) in [7, 11) is -1.73. The van der Waals surface area contributed by atoms with Gasteiger partial charge in [0.1, 0.15) is 17.9 Å². The summed E-state index contributed by atoms with van der Waals surface area (Å²) in [5.41, 5.74) is 1.13. The number of amides is 1. The van der Waals surface area contributed by atoms with Crippen molar-refractivity contribution in [3.63, 3.8) is 0 Å². The number of ether oxygens (including phenoxy) is 3. The van der Waals surface area contributed by atoms with Crippen LogP contribution in [-0.2, 0) is 21.3 Å². The molecule has 12 nitrogen and oxygen atoms in total. The van der Waals surface area contributed by atoms with E-state index in [-0.39, 0.29) is 37.7 Å². The first kappa shape index (κ1) is 26.5. The number of sulfonamides is 1. The van der Waals surface area contributed by atoms with E-state index in [1.165, 1.54) is 13.3 Å². The lowest BCUT2D eigenvalue weighted by molar-refractivity contribution is 0.0996. The lowest BCUT2D eigenvalue weighted by Crippen LogP contribution is -2.29. The summed E-state index contributed by atoms with van der Waals surface area (Å²) in [5, 5.41) is 4.14. The smallest absolute Gasteiger partial charge is 0.281 e. The molecule has 0 fully saturated rings. The average molecular weight is 531 g/mol. The number of benzene rings is 1. The number of nitrogens with one attached hydrogen (secondary N) is 2. The molecule has 0 saturated heterocycles. The van der Waals surface area contributed by atoms with E-state index in [0.29, 0.717) is 42.1 Å². The van der Waals surface area contributed by atoms with E-state index in [9.17, 15) is 13.2 Å². The first-order chi connectivity index (χ1) is 17.9. The van der Waals surface area contributed by atoms with Gasteiger partial charge in [0.05, 0.1) is 31.6 Å². The number of rotatable bonds is 12. The van der Waals surface area contributed by atoms with Gasteiger partial charge >= 0.3 is 0 Å². The van der Waals surface area contributed by atoms with Gasteiger partial charge in [-0.1, -0.05) is 6.92 Å². The molecule has 0 unspecified atom stereocenters. The SMILES string of the molecule is CCCS(=O)(=O)NCCOCCOc1ccc2c3n(c(=NC(=O)c4cccnc4)nc2c1OC)CCN3. The molecule has 1 aliphatic heterocycles. The fraction of sp³-hybridized carbons (Fsp3) is 0.417. The van der Waals surface area contributed by atoms with Gasteiger partial charge in [0.2, 0.25) is 15.6 Å². The second-order valence-corrected chi connectivity index (χ2v) is 10.1. The van der Waals surface area contributed by atoms with Crippen molar-refractivity contribution in [2.24, 2.45) is 4.99 Å². The fourth-order valence-corrected chi connectivity index (χ4v) is 4.99. The Labute approximate surface area is 214 Å². The Balaban J connectivity index is 1.50. The Morgan fingerprint density at radius 3 is 2.86 bits per heavy atom. The second-order valence-electron chi connectivity index (χ2n) is 8.16. The third-order valence-corrected chi connectivity index (χ3v) is 7.13. The molecule has 0 spiro atoms. The first-order valence-corrected chi connectivity index (χ1v) is 13.6. The Hall–Kier alpha value is -3.55. The number of anilines is 1. The Morgan fingerprint density at radius 1 is 1.24 bits per heavy atom. The molecule has 198 valence electrons. The van der Waals surface area contributed by atoms with Crippen LogP contribution in [0, 0.1) is 0 Å². The molecular formula is C24H30N6O6S. The number of hydrogen-bond acceptors (Lipinski definition) is 9. The molecule has 0 saturated carbocycles. The van der Waals surface area contributed by atoms with E-state index < -0.39 is 15.9 Å². The van der Waals surface area contributed by atoms with Gasteiger partial charge in [-0.15, -0.1) is 0 Å². The zero-order valence-corrected chi connectivity index (χ0v) is 21.6. The Kier molecular flexibility index (Phi) is 8.69. The molecule has 0 radical (unpaired) electrons. The highest BCUT2D eigenvalue weighted by molar-refractivity contribution is 7.89. The predicted octanol–water partition coefficient (Wildman–Crippen LogP) is 1.33. The molecule has 13 heteroatoms. The van der Waals surface area contributed by atoms with Gasteiger partial charge < -0.3 is 19.5 Å². The van der Waals surface area contributed by atoms with Crippen LogP contribution < -0.4 is 25.1 Å². The quantitative estimate of drug-likeness (QED) is 0.331. The summed E-state index contributed by atoms with van der Waals surface area (Å²) in [4.78, 5) is 25.6. The van der Waals surface area contributed by atoms with Crippen LogP contribution in [-0.4, -0.2) is 74.6 Å². The molecule has 2 aromatic heterocycles. The number of fused-ring (bicyclic) bond motifs is 3. The average Bonchev–Trinajstić information content (AvgIpc) is 3.39. The largest absolute Gasteiger partial charge is 0.491 e. The molecule has 0 bridgehead atoms. The topological polar surface area (TPSA) is 146 Å². The Bertz CT molecular complexity index is 1430. The van der Waals surface area contributed by atoms with Crippen molar-refractivity contribution in [3.05, 3.63) is 47.8 Å². The molecule has 1 amide bonds. The summed E-state index contributed by atoms with van der Waals surface area (Å²) < 4.78 is 44.7. The van der Waals surface area contributed by atoms with Crippen LogP contribution in [0.4, 0.5) is 5.82 Å². The van der Waals surface area contributed by atoms with E-state index >= 15 is 0 Å². The predicted molar refractivity (Wildman–Crippen MR) is 137 cm³/mol. The summed E-state index contributed by atoms with van der Waals surface area (Å²) in [6.45, 7) is 4.01. The van der Waals surface area contributed by atoms with Gasteiger partial charge in [-0.05, 0) is 30.7 Å². The van der Waals surface area contributed by atoms with Crippen LogP contribution in [0.25, 0.3) is 10.9 Å². The molecule has 0 atom stereocenters. The van der Waals surface area contributed by atoms with Crippen LogP contribution in [0.3, 0.4) is 0 Å². The monoisotopic (exact) mass is 530 g/mol. The maximum absolute atomic E-state index is 12.7. The van der Waals surface area contributed by atoms with Crippen molar-refractivity contribution in [1.82, 2.24) is 19.3 Å². The second kappa shape index (κ2) is 12.1. The van der Waals surface area contributed by atoms with Crippen molar-refractivity contribution >= 4 is 32.7 Å². The van der Waals surface area contributed by atoms with Crippen LogP contribution in [0.5, 0.6) is 11.5 Å². The summed E-state index contributed by atoms with van der Waals surface area (Å²) in [6, 6.07) is 7.00. The lowest BCUT2D eigenvalue weighted by atomic mass is 10.2. The van der Waals surface area contributed by atoms with Crippen LogP contribution in [0.2, 0.25) is 0 Å². The first-order valence-electron chi connectivity index (χ1n) is 12.0. The molecule has 2 N–H and O–H groups in total. The van der Waals surface area contributed by atoms with E-state index in [0.717, 1.165) is 11.2 Å². The lowest BCUT2D eigenvalue weighted by Gasteiger charge is -2.15. The summed E-state index contributed by atoms with van der Waals surface area (Å²) in [5.74, 6) is 1.31. The highest BCUT2D eigenvalue weighted by Gasteiger charge is 2.21.